The molecule has 72 valence electrons. The second-order valence-corrected chi connectivity index (χ2v) is 6.21. The van der Waals surface area contributed by atoms with Crippen molar-refractivity contribution in [1.29, 1.82) is 0 Å². The van der Waals surface area contributed by atoms with Crippen molar-refractivity contribution in [2.75, 3.05) is 11.5 Å². The summed E-state index contributed by atoms with van der Waals surface area (Å²) in [6.45, 7) is 6.92. The quantitative estimate of drug-likeness (QED) is 0.618. The van der Waals surface area contributed by atoms with Crippen LogP contribution in [0.3, 0.4) is 0 Å². The van der Waals surface area contributed by atoms with E-state index in [1.54, 1.807) is 0 Å². The van der Waals surface area contributed by atoms with Gasteiger partial charge in [-0.3, -0.25) is 4.21 Å². The van der Waals surface area contributed by atoms with Crippen LogP contribution in [0, 0.1) is 11.3 Å². The van der Waals surface area contributed by atoms with Gasteiger partial charge in [0, 0.05) is 22.3 Å². The number of hydrogen-bond acceptors (Lipinski definition) is 1. The maximum atomic E-state index is 11.3. The maximum Gasteiger partial charge on any atom is 0.0240 e. The van der Waals surface area contributed by atoms with Gasteiger partial charge in [0.1, 0.15) is 0 Å². The fourth-order valence-electron chi connectivity index (χ4n) is 1.79. The van der Waals surface area contributed by atoms with Gasteiger partial charge in [-0.2, -0.15) is 0 Å². The lowest BCUT2D eigenvalue weighted by atomic mass is 9.74. The smallest absolute Gasteiger partial charge is 0.0240 e. The standard InChI is InChI=1S/C10H20OS/c1-9(2)10(3)5-4-7-12(11)8-6-10/h9H,4-8H2,1-3H3. The first-order valence-corrected chi connectivity index (χ1v) is 6.38. The van der Waals surface area contributed by atoms with Gasteiger partial charge in [0.25, 0.3) is 0 Å². The van der Waals surface area contributed by atoms with Crippen molar-refractivity contribution in [3.05, 3.63) is 0 Å². The Morgan fingerprint density at radius 1 is 1.25 bits per heavy atom. The monoisotopic (exact) mass is 188 g/mol. The van der Waals surface area contributed by atoms with Gasteiger partial charge in [0.05, 0.1) is 0 Å². The number of rotatable bonds is 1. The van der Waals surface area contributed by atoms with Crippen molar-refractivity contribution in [2.24, 2.45) is 11.3 Å². The van der Waals surface area contributed by atoms with Crippen LogP contribution in [0.1, 0.15) is 40.0 Å². The molecular weight excluding hydrogens is 168 g/mol. The van der Waals surface area contributed by atoms with Gasteiger partial charge in [-0.15, -0.1) is 0 Å². The molecule has 0 aromatic carbocycles. The molecule has 0 saturated carbocycles. The molecule has 12 heavy (non-hydrogen) atoms. The lowest BCUT2D eigenvalue weighted by Crippen LogP contribution is -2.23. The van der Waals surface area contributed by atoms with Crippen LogP contribution < -0.4 is 0 Å². The van der Waals surface area contributed by atoms with Crippen molar-refractivity contribution in [1.82, 2.24) is 0 Å². The summed E-state index contributed by atoms with van der Waals surface area (Å²) in [7, 11) is -0.521. The van der Waals surface area contributed by atoms with E-state index in [0.717, 1.165) is 30.3 Å². The average Bonchev–Trinajstić information content (AvgIpc) is 2.15. The summed E-state index contributed by atoms with van der Waals surface area (Å²) in [6, 6.07) is 0. The summed E-state index contributed by atoms with van der Waals surface area (Å²) >= 11 is 0. The molecule has 0 bridgehead atoms. The molecule has 0 spiro atoms. The molecule has 0 radical (unpaired) electrons. The van der Waals surface area contributed by atoms with E-state index in [1.165, 1.54) is 6.42 Å². The highest BCUT2D eigenvalue weighted by Gasteiger charge is 2.30. The zero-order valence-corrected chi connectivity index (χ0v) is 9.25. The van der Waals surface area contributed by atoms with Gasteiger partial charge in [-0.25, -0.2) is 0 Å². The molecule has 1 aliphatic rings. The van der Waals surface area contributed by atoms with Crippen molar-refractivity contribution in [3.63, 3.8) is 0 Å². The van der Waals surface area contributed by atoms with E-state index >= 15 is 0 Å². The molecule has 1 heterocycles. The lowest BCUT2D eigenvalue weighted by molar-refractivity contribution is 0.194. The Labute approximate surface area is 78.4 Å². The van der Waals surface area contributed by atoms with Crippen LogP contribution in [0.5, 0.6) is 0 Å². The molecule has 0 aromatic heterocycles. The van der Waals surface area contributed by atoms with Crippen LogP contribution in [-0.2, 0) is 10.8 Å². The zero-order chi connectivity index (χ0) is 9.19. The van der Waals surface area contributed by atoms with Gasteiger partial charge < -0.3 is 0 Å². The first kappa shape index (κ1) is 10.2. The van der Waals surface area contributed by atoms with Crippen LogP contribution in [-0.4, -0.2) is 15.7 Å². The second kappa shape index (κ2) is 3.91. The van der Waals surface area contributed by atoms with Gasteiger partial charge in [-0.05, 0) is 30.6 Å². The molecule has 2 atom stereocenters. The Balaban J connectivity index is 2.61. The molecule has 1 rings (SSSR count). The van der Waals surface area contributed by atoms with Gasteiger partial charge in [-0.1, -0.05) is 20.8 Å². The maximum absolute atomic E-state index is 11.3. The first-order valence-electron chi connectivity index (χ1n) is 4.89. The molecular formula is C10H20OS. The fourth-order valence-corrected chi connectivity index (χ4v) is 3.15. The average molecular weight is 188 g/mol. The first-order chi connectivity index (χ1) is 5.54. The SMILES string of the molecule is CC(C)C1(C)CCCS(=O)CC1. The van der Waals surface area contributed by atoms with Crippen LogP contribution in [0.15, 0.2) is 0 Å². The van der Waals surface area contributed by atoms with Gasteiger partial charge in [0.2, 0.25) is 0 Å². The van der Waals surface area contributed by atoms with E-state index in [0.29, 0.717) is 5.41 Å². The minimum atomic E-state index is -0.521. The van der Waals surface area contributed by atoms with Crippen LogP contribution in [0.25, 0.3) is 0 Å². The molecule has 1 saturated heterocycles. The Hall–Kier alpha value is 0.150. The highest BCUT2D eigenvalue weighted by molar-refractivity contribution is 7.84. The molecule has 2 heteroatoms. The van der Waals surface area contributed by atoms with Crippen molar-refractivity contribution >= 4 is 10.8 Å². The third-order valence-electron chi connectivity index (χ3n) is 3.41. The normalized spacial score (nSPS) is 38.2. The summed E-state index contributed by atoms with van der Waals surface area (Å²) in [5.41, 5.74) is 0.451. The van der Waals surface area contributed by atoms with Crippen LogP contribution >= 0.6 is 0 Å². The van der Waals surface area contributed by atoms with E-state index < -0.39 is 10.8 Å². The van der Waals surface area contributed by atoms with Crippen molar-refractivity contribution in [2.45, 2.75) is 40.0 Å². The van der Waals surface area contributed by atoms with Crippen LogP contribution in [0.4, 0.5) is 0 Å². The lowest BCUT2D eigenvalue weighted by Gasteiger charge is -2.32. The van der Waals surface area contributed by atoms with E-state index in [-0.39, 0.29) is 0 Å². The topological polar surface area (TPSA) is 17.1 Å². The largest absolute Gasteiger partial charge is 0.260 e. The summed E-state index contributed by atoms with van der Waals surface area (Å²) in [5.74, 6) is 2.59. The molecule has 1 fully saturated rings. The van der Waals surface area contributed by atoms with E-state index in [9.17, 15) is 4.21 Å². The fraction of sp³-hybridized carbons (Fsp3) is 1.00. The van der Waals surface area contributed by atoms with Crippen LogP contribution in [0.2, 0.25) is 0 Å². The summed E-state index contributed by atoms with van der Waals surface area (Å²) in [6.07, 6.45) is 3.56. The summed E-state index contributed by atoms with van der Waals surface area (Å²) in [4.78, 5) is 0. The summed E-state index contributed by atoms with van der Waals surface area (Å²) < 4.78 is 11.3. The predicted molar refractivity (Wildman–Crippen MR) is 54.7 cm³/mol. The Bertz CT molecular complexity index is 177. The Morgan fingerprint density at radius 3 is 2.50 bits per heavy atom. The zero-order valence-electron chi connectivity index (χ0n) is 8.43. The molecule has 1 aliphatic heterocycles. The molecule has 0 aliphatic carbocycles. The second-order valence-electron chi connectivity index (χ2n) is 4.51. The molecule has 2 unspecified atom stereocenters. The van der Waals surface area contributed by atoms with Gasteiger partial charge >= 0.3 is 0 Å². The third-order valence-corrected chi connectivity index (χ3v) is 4.82. The molecule has 0 amide bonds. The third kappa shape index (κ3) is 2.32. The highest BCUT2D eigenvalue weighted by atomic mass is 32.2. The minimum Gasteiger partial charge on any atom is -0.260 e. The summed E-state index contributed by atoms with van der Waals surface area (Å²) in [5, 5.41) is 0. The van der Waals surface area contributed by atoms with Crippen molar-refractivity contribution in [3.8, 4) is 0 Å². The van der Waals surface area contributed by atoms with E-state index in [1.807, 2.05) is 0 Å². The van der Waals surface area contributed by atoms with E-state index in [2.05, 4.69) is 20.8 Å². The minimum absolute atomic E-state index is 0.451. The van der Waals surface area contributed by atoms with Gasteiger partial charge in [0.15, 0.2) is 0 Å². The highest BCUT2D eigenvalue weighted by Crippen LogP contribution is 2.37. The van der Waals surface area contributed by atoms with Crippen molar-refractivity contribution < 1.29 is 4.21 Å². The molecule has 0 aromatic rings. The number of hydrogen-bond donors (Lipinski definition) is 0. The Morgan fingerprint density at radius 2 is 1.92 bits per heavy atom. The van der Waals surface area contributed by atoms with E-state index in [4.69, 9.17) is 0 Å². The Kier molecular flexibility index (Phi) is 3.33. The predicted octanol–water partition coefficient (Wildman–Crippen LogP) is 2.58. The molecule has 1 nitrogen and oxygen atoms in total. The molecule has 0 N–H and O–H groups in total.